The fourth-order valence-corrected chi connectivity index (χ4v) is 1.68. The molecule has 0 aliphatic carbocycles. The standard InChI is InChI=1S/C11H20O5.CH4/c1-5-8(15-4)9(10(12)13)7(3)11(14)16-6-2;/h7-9H,5-6H2,1-4H3,(H,12,13);1H4. The molecule has 0 amide bonds. The van der Waals surface area contributed by atoms with Crippen molar-refractivity contribution in [1.82, 2.24) is 0 Å². The Labute approximate surface area is 103 Å². The van der Waals surface area contributed by atoms with Crippen LogP contribution in [-0.4, -0.2) is 36.9 Å². The van der Waals surface area contributed by atoms with Crippen molar-refractivity contribution >= 4 is 11.9 Å². The zero-order valence-corrected chi connectivity index (χ0v) is 10.2. The monoisotopic (exact) mass is 248 g/mol. The second-order valence-corrected chi connectivity index (χ2v) is 3.59. The summed E-state index contributed by atoms with van der Waals surface area (Å²) in [5.74, 6) is -3.10. The molecule has 5 heteroatoms. The number of ether oxygens (including phenoxy) is 2. The summed E-state index contributed by atoms with van der Waals surface area (Å²) in [5, 5.41) is 9.11. The number of hydrogen-bond acceptors (Lipinski definition) is 4. The van der Waals surface area contributed by atoms with E-state index in [1.165, 1.54) is 7.11 Å². The van der Waals surface area contributed by atoms with Gasteiger partial charge in [0.1, 0.15) is 0 Å². The molecule has 0 aromatic rings. The van der Waals surface area contributed by atoms with Crippen LogP contribution in [0, 0.1) is 11.8 Å². The van der Waals surface area contributed by atoms with E-state index in [0.29, 0.717) is 6.42 Å². The molecule has 0 heterocycles. The average Bonchev–Trinajstić information content (AvgIpc) is 2.24. The third kappa shape index (κ3) is 5.17. The highest BCUT2D eigenvalue weighted by Crippen LogP contribution is 2.22. The molecule has 5 nitrogen and oxygen atoms in total. The van der Waals surface area contributed by atoms with Crippen molar-refractivity contribution in [3.8, 4) is 0 Å². The highest BCUT2D eigenvalue weighted by molar-refractivity contribution is 5.81. The van der Waals surface area contributed by atoms with Gasteiger partial charge in [-0.25, -0.2) is 0 Å². The van der Waals surface area contributed by atoms with Crippen LogP contribution in [-0.2, 0) is 19.1 Å². The van der Waals surface area contributed by atoms with Gasteiger partial charge in [-0.15, -0.1) is 0 Å². The molecule has 1 N–H and O–H groups in total. The summed E-state index contributed by atoms with van der Waals surface area (Å²) in [6.45, 7) is 5.31. The van der Waals surface area contributed by atoms with E-state index in [9.17, 15) is 9.59 Å². The first kappa shape index (κ1) is 18.3. The van der Waals surface area contributed by atoms with E-state index in [2.05, 4.69) is 0 Å². The zero-order chi connectivity index (χ0) is 12.7. The van der Waals surface area contributed by atoms with Gasteiger partial charge < -0.3 is 14.6 Å². The lowest BCUT2D eigenvalue weighted by atomic mass is 9.87. The Kier molecular flexibility index (Phi) is 9.66. The minimum Gasteiger partial charge on any atom is -0.481 e. The zero-order valence-electron chi connectivity index (χ0n) is 10.2. The SMILES string of the molecule is C.CCOC(=O)C(C)C(C(=O)O)C(CC)OC. The Morgan fingerprint density at radius 2 is 1.82 bits per heavy atom. The molecule has 0 bridgehead atoms. The molecule has 0 rings (SSSR count). The lowest BCUT2D eigenvalue weighted by Gasteiger charge is -2.25. The van der Waals surface area contributed by atoms with Crippen molar-refractivity contribution in [2.45, 2.75) is 40.7 Å². The van der Waals surface area contributed by atoms with E-state index in [-0.39, 0.29) is 14.0 Å². The Hall–Kier alpha value is -1.10. The van der Waals surface area contributed by atoms with E-state index in [4.69, 9.17) is 14.6 Å². The van der Waals surface area contributed by atoms with Gasteiger partial charge >= 0.3 is 11.9 Å². The van der Waals surface area contributed by atoms with Gasteiger partial charge in [0.05, 0.1) is 24.5 Å². The normalized spacial score (nSPS) is 15.3. The third-order valence-corrected chi connectivity index (χ3v) is 2.59. The number of aliphatic carboxylic acids is 1. The number of carboxylic acids is 1. The van der Waals surface area contributed by atoms with Crippen LogP contribution in [0.1, 0.15) is 34.6 Å². The summed E-state index contributed by atoms with van der Waals surface area (Å²) in [5.41, 5.74) is 0. The van der Waals surface area contributed by atoms with Crippen molar-refractivity contribution in [3.05, 3.63) is 0 Å². The van der Waals surface area contributed by atoms with Crippen LogP contribution in [0.15, 0.2) is 0 Å². The number of carbonyl (C=O) groups is 2. The quantitative estimate of drug-likeness (QED) is 0.697. The topological polar surface area (TPSA) is 72.8 Å². The summed E-state index contributed by atoms with van der Waals surface area (Å²) in [7, 11) is 1.45. The summed E-state index contributed by atoms with van der Waals surface area (Å²) >= 11 is 0. The van der Waals surface area contributed by atoms with Crippen LogP contribution in [0.4, 0.5) is 0 Å². The molecule has 0 aliphatic heterocycles. The summed E-state index contributed by atoms with van der Waals surface area (Å²) in [6, 6.07) is 0. The second kappa shape index (κ2) is 8.98. The highest BCUT2D eigenvalue weighted by Gasteiger charge is 2.37. The van der Waals surface area contributed by atoms with Crippen molar-refractivity contribution < 1.29 is 24.2 Å². The first-order valence-corrected chi connectivity index (χ1v) is 5.41. The number of hydrogen-bond donors (Lipinski definition) is 1. The smallest absolute Gasteiger partial charge is 0.310 e. The fourth-order valence-electron chi connectivity index (χ4n) is 1.68. The summed E-state index contributed by atoms with van der Waals surface area (Å²) in [4.78, 5) is 22.6. The molecule has 17 heavy (non-hydrogen) atoms. The molecule has 0 spiro atoms. The van der Waals surface area contributed by atoms with Gasteiger partial charge in [0.2, 0.25) is 0 Å². The number of methoxy groups -OCH3 is 1. The molecule has 3 atom stereocenters. The van der Waals surface area contributed by atoms with Gasteiger partial charge in [-0.1, -0.05) is 21.3 Å². The number of esters is 1. The molecule has 0 radical (unpaired) electrons. The highest BCUT2D eigenvalue weighted by atomic mass is 16.5. The third-order valence-electron chi connectivity index (χ3n) is 2.59. The van der Waals surface area contributed by atoms with E-state index in [1.807, 2.05) is 6.92 Å². The van der Waals surface area contributed by atoms with E-state index in [1.54, 1.807) is 13.8 Å². The molecule has 0 aromatic carbocycles. The Balaban J connectivity index is 0. The first-order valence-electron chi connectivity index (χ1n) is 5.41. The van der Waals surface area contributed by atoms with Crippen LogP contribution in [0.2, 0.25) is 0 Å². The average molecular weight is 248 g/mol. The van der Waals surface area contributed by atoms with Crippen LogP contribution >= 0.6 is 0 Å². The molecule has 102 valence electrons. The maximum atomic E-state index is 11.5. The minimum atomic E-state index is -1.03. The predicted molar refractivity (Wildman–Crippen MR) is 64.7 cm³/mol. The van der Waals surface area contributed by atoms with Crippen LogP contribution < -0.4 is 0 Å². The second-order valence-electron chi connectivity index (χ2n) is 3.59. The largest absolute Gasteiger partial charge is 0.481 e. The van der Waals surface area contributed by atoms with E-state index in [0.717, 1.165) is 0 Å². The lowest BCUT2D eigenvalue weighted by Crippen LogP contribution is -2.38. The minimum absolute atomic E-state index is 0. The fraction of sp³-hybridized carbons (Fsp3) is 0.833. The molecule has 0 aromatic heterocycles. The molecule has 3 unspecified atom stereocenters. The van der Waals surface area contributed by atoms with Crippen molar-refractivity contribution in [3.63, 3.8) is 0 Å². The number of carboxylic acid groups (broad SMARTS) is 1. The Bertz CT molecular complexity index is 235. The Morgan fingerprint density at radius 3 is 2.12 bits per heavy atom. The molecular weight excluding hydrogens is 224 g/mol. The van der Waals surface area contributed by atoms with Crippen molar-refractivity contribution in [1.29, 1.82) is 0 Å². The predicted octanol–water partition coefficient (Wildman–Crippen LogP) is 1.95. The van der Waals surface area contributed by atoms with Gasteiger partial charge in [0.15, 0.2) is 0 Å². The summed E-state index contributed by atoms with van der Waals surface area (Å²) in [6.07, 6.45) is 0.0638. The van der Waals surface area contributed by atoms with Crippen molar-refractivity contribution in [2.75, 3.05) is 13.7 Å². The van der Waals surface area contributed by atoms with Crippen LogP contribution in [0.25, 0.3) is 0 Å². The molecule has 0 saturated heterocycles. The van der Waals surface area contributed by atoms with Gasteiger partial charge in [0.25, 0.3) is 0 Å². The van der Waals surface area contributed by atoms with Gasteiger partial charge in [-0.2, -0.15) is 0 Å². The van der Waals surface area contributed by atoms with E-state index >= 15 is 0 Å². The van der Waals surface area contributed by atoms with Gasteiger partial charge in [-0.3, -0.25) is 9.59 Å². The maximum absolute atomic E-state index is 11.5. The van der Waals surface area contributed by atoms with Gasteiger partial charge in [0, 0.05) is 7.11 Å². The van der Waals surface area contributed by atoms with Crippen LogP contribution in [0.3, 0.4) is 0 Å². The molecule has 0 saturated carbocycles. The Morgan fingerprint density at radius 1 is 1.29 bits per heavy atom. The lowest BCUT2D eigenvalue weighted by molar-refractivity contribution is -0.162. The first-order chi connectivity index (χ1) is 7.49. The van der Waals surface area contributed by atoms with Gasteiger partial charge in [-0.05, 0) is 13.3 Å². The van der Waals surface area contributed by atoms with Crippen molar-refractivity contribution in [2.24, 2.45) is 11.8 Å². The van der Waals surface area contributed by atoms with Crippen LogP contribution in [0.5, 0.6) is 0 Å². The summed E-state index contributed by atoms with van der Waals surface area (Å²) < 4.78 is 9.90. The number of carbonyl (C=O) groups excluding carboxylic acids is 1. The van der Waals surface area contributed by atoms with E-state index < -0.39 is 29.9 Å². The molecule has 0 aliphatic rings. The number of rotatable bonds is 7. The molecular formula is C12H24O5. The molecule has 0 fully saturated rings. The maximum Gasteiger partial charge on any atom is 0.310 e.